The Labute approximate surface area is 42.7 Å². The van der Waals surface area contributed by atoms with Crippen molar-refractivity contribution in [1.29, 1.82) is 0 Å². The summed E-state index contributed by atoms with van der Waals surface area (Å²) in [5, 5.41) is 0. The normalized spacial score (nSPS) is 15.0. The van der Waals surface area contributed by atoms with Gasteiger partial charge in [0, 0.05) is 0 Å². The van der Waals surface area contributed by atoms with Crippen LogP contribution in [-0.2, 0) is 0 Å². The van der Waals surface area contributed by atoms with Gasteiger partial charge >= 0.3 is 0 Å². The lowest BCUT2D eigenvalue weighted by Crippen LogP contribution is -1.74. The molecule has 2 radical (unpaired) electrons. The summed E-state index contributed by atoms with van der Waals surface area (Å²) < 4.78 is 0.134. The van der Waals surface area contributed by atoms with Crippen LogP contribution in [0.4, 0.5) is 0 Å². The molecular weight excluding hydrogens is 100 g/mol. The van der Waals surface area contributed by atoms with E-state index in [9.17, 15) is 0 Å². The lowest BCUT2D eigenvalue weighted by Gasteiger charge is -1.88. The highest BCUT2D eigenvalue weighted by molar-refractivity contribution is 8.10. The quantitative estimate of drug-likeness (QED) is 0.490. The number of rotatable bonds is 1. The lowest BCUT2D eigenvalue weighted by atomic mass is 11.0. The number of hydrogen-bond acceptors (Lipinski definition) is 1. The molecule has 0 spiro atoms. The Balaban J connectivity index is 2.54. The van der Waals surface area contributed by atoms with E-state index in [0.717, 1.165) is 0 Å². The second-order valence-corrected chi connectivity index (χ2v) is 2.57. The molecule has 1 unspecified atom stereocenters. The summed E-state index contributed by atoms with van der Waals surface area (Å²) >= 11 is 6.22. The van der Waals surface area contributed by atoms with Gasteiger partial charge in [0.25, 0.3) is 0 Å². The standard InChI is InChI=1S/C3H6S2/c1-3(4)5-2/h3H,1H2,2H3. The van der Waals surface area contributed by atoms with Crippen molar-refractivity contribution in [3.05, 3.63) is 6.92 Å². The third-order valence-corrected chi connectivity index (χ3v) is 1.37. The molecule has 30 valence electrons. The van der Waals surface area contributed by atoms with Gasteiger partial charge in [0.05, 0.1) is 4.58 Å². The van der Waals surface area contributed by atoms with Crippen LogP contribution < -0.4 is 0 Å². The minimum atomic E-state index is 0.134. The average molecular weight is 106 g/mol. The van der Waals surface area contributed by atoms with Gasteiger partial charge in [-0.25, -0.2) is 0 Å². The van der Waals surface area contributed by atoms with Crippen molar-refractivity contribution in [2.24, 2.45) is 0 Å². The van der Waals surface area contributed by atoms with Gasteiger partial charge in [-0.15, -0.1) is 0 Å². The zero-order valence-corrected chi connectivity index (χ0v) is 4.73. The van der Waals surface area contributed by atoms with E-state index >= 15 is 0 Å². The first kappa shape index (κ1) is 5.70. The number of thioether (sulfide) groups is 1. The highest BCUT2D eigenvalue weighted by atomic mass is 32.2. The van der Waals surface area contributed by atoms with Gasteiger partial charge in [-0.05, 0) is 13.2 Å². The maximum atomic E-state index is 4.63. The highest BCUT2D eigenvalue weighted by Gasteiger charge is 1.83. The van der Waals surface area contributed by atoms with Crippen LogP contribution in [0.1, 0.15) is 0 Å². The Morgan fingerprint density at radius 2 is 2.20 bits per heavy atom. The van der Waals surface area contributed by atoms with Gasteiger partial charge in [0.15, 0.2) is 0 Å². The van der Waals surface area contributed by atoms with Crippen molar-refractivity contribution in [2.75, 3.05) is 6.26 Å². The molecule has 0 aliphatic carbocycles. The molecule has 0 heterocycles. The predicted molar refractivity (Wildman–Crippen MR) is 30.3 cm³/mol. The number of hydrogen-bond donors (Lipinski definition) is 0. The zero-order chi connectivity index (χ0) is 4.28. The minimum absolute atomic E-state index is 0.134. The van der Waals surface area contributed by atoms with Gasteiger partial charge < -0.3 is 0 Å². The Kier molecular flexibility index (Phi) is 3.32. The van der Waals surface area contributed by atoms with Crippen LogP contribution in [0.5, 0.6) is 0 Å². The van der Waals surface area contributed by atoms with E-state index in [1.165, 1.54) is 0 Å². The molecule has 0 aromatic rings. The van der Waals surface area contributed by atoms with Gasteiger partial charge in [-0.2, -0.15) is 11.8 Å². The average Bonchev–Trinajstić information content (AvgIpc) is 1.38. The van der Waals surface area contributed by atoms with Crippen LogP contribution in [0.2, 0.25) is 0 Å². The van der Waals surface area contributed by atoms with Crippen LogP contribution in [0.3, 0.4) is 0 Å². The minimum Gasteiger partial charge on any atom is -0.150 e. The molecular formula is C3H6S2. The van der Waals surface area contributed by atoms with E-state index in [1.54, 1.807) is 11.8 Å². The summed E-state index contributed by atoms with van der Waals surface area (Å²) in [6, 6.07) is 0. The fraction of sp³-hybridized carbons (Fsp3) is 0.667. The molecule has 0 N–H and O–H groups in total. The van der Waals surface area contributed by atoms with E-state index in [-0.39, 0.29) is 4.58 Å². The fourth-order valence-electron chi connectivity index (χ4n) is 0. The Morgan fingerprint density at radius 1 is 2.00 bits per heavy atom. The molecule has 0 rings (SSSR count). The molecule has 0 nitrogen and oxygen atoms in total. The first-order valence-electron chi connectivity index (χ1n) is 1.29. The van der Waals surface area contributed by atoms with E-state index in [4.69, 9.17) is 0 Å². The van der Waals surface area contributed by atoms with Gasteiger partial charge in [0.2, 0.25) is 0 Å². The van der Waals surface area contributed by atoms with Crippen LogP contribution in [0.25, 0.3) is 0 Å². The third-order valence-electron chi connectivity index (χ3n) is 0.263. The third kappa shape index (κ3) is 4.70. The van der Waals surface area contributed by atoms with Crippen LogP contribution in [0.15, 0.2) is 0 Å². The Morgan fingerprint density at radius 3 is 2.20 bits per heavy atom. The molecule has 0 fully saturated rings. The molecule has 0 aromatic heterocycles. The molecule has 0 aromatic carbocycles. The van der Waals surface area contributed by atoms with Gasteiger partial charge in [-0.3, -0.25) is 0 Å². The summed E-state index contributed by atoms with van der Waals surface area (Å²) in [7, 11) is 0. The second-order valence-electron chi connectivity index (χ2n) is 0.665. The van der Waals surface area contributed by atoms with E-state index in [1.807, 2.05) is 6.26 Å². The molecule has 0 aliphatic rings. The summed E-state index contributed by atoms with van der Waals surface area (Å²) in [6.07, 6.45) is 1.95. The first-order chi connectivity index (χ1) is 2.27. The maximum absolute atomic E-state index is 4.63. The molecule has 0 amide bonds. The molecule has 1 atom stereocenters. The Hall–Kier alpha value is 0.700. The summed E-state index contributed by atoms with van der Waals surface area (Å²) in [6.45, 7) is 3.53. The van der Waals surface area contributed by atoms with Crippen LogP contribution in [-0.4, -0.2) is 10.8 Å². The first-order valence-corrected chi connectivity index (χ1v) is 3.05. The molecule has 0 saturated carbocycles. The Bertz CT molecular complexity index is 18.9. The van der Waals surface area contributed by atoms with E-state index in [0.29, 0.717) is 0 Å². The zero-order valence-electron chi connectivity index (χ0n) is 3.10. The van der Waals surface area contributed by atoms with Crippen molar-refractivity contribution in [2.45, 2.75) is 4.58 Å². The van der Waals surface area contributed by atoms with Crippen molar-refractivity contribution < 1.29 is 0 Å². The van der Waals surface area contributed by atoms with Crippen LogP contribution >= 0.6 is 24.4 Å². The van der Waals surface area contributed by atoms with Crippen molar-refractivity contribution in [3.8, 4) is 0 Å². The fourth-order valence-corrected chi connectivity index (χ4v) is 0. The largest absolute Gasteiger partial charge is 0.150 e. The van der Waals surface area contributed by atoms with Gasteiger partial charge in [0.1, 0.15) is 0 Å². The van der Waals surface area contributed by atoms with Crippen molar-refractivity contribution >= 4 is 24.4 Å². The summed E-state index contributed by atoms with van der Waals surface area (Å²) in [5.41, 5.74) is 0. The predicted octanol–water partition coefficient (Wildman–Crippen LogP) is 1.71. The highest BCUT2D eigenvalue weighted by Crippen LogP contribution is 2.06. The molecule has 0 bridgehead atoms. The molecule has 2 heteroatoms. The monoisotopic (exact) mass is 106 g/mol. The van der Waals surface area contributed by atoms with Gasteiger partial charge in [-0.1, -0.05) is 12.6 Å². The van der Waals surface area contributed by atoms with Crippen molar-refractivity contribution in [1.82, 2.24) is 0 Å². The molecule has 5 heavy (non-hydrogen) atoms. The topological polar surface area (TPSA) is 0 Å². The van der Waals surface area contributed by atoms with E-state index < -0.39 is 0 Å². The molecule has 0 saturated heterocycles. The maximum Gasteiger partial charge on any atom is 0.0604 e. The summed E-state index contributed by atoms with van der Waals surface area (Å²) in [5.74, 6) is 0. The second kappa shape index (κ2) is 2.91. The van der Waals surface area contributed by atoms with E-state index in [2.05, 4.69) is 19.6 Å². The van der Waals surface area contributed by atoms with Crippen molar-refractivity contribution in [3.63, 3.8) is 0 Å². The molecule has 0 aliphatic heterocycles. The lowest BCUT2D eigenvalue weighted by molar-refractivity contribution is 1.71. The smallest absolute Gasteiger partial charge is 0.0604 e. The summed E-state index contributed by atoms with van der Waals surface area (Å²) in [4.78, 5) is 0. The van der Waals surface area contributed by atoms with Crippen LogP contribution in [0, 0.1) is 6.92 Å². The SMILES string of the molecule is [CH2]C([S])SC.